The summed E-state index contributed by atoms with van der Waals surface area (Å²) in [5.74, 6) is 0.656. The van der Waals surface area contributed by atoms with E-state index in [2.05, 4.69) is 162 Å². The first-order valence-electron chi connectivity index (χ1n) is 17.8. The van der Waals surface area contributed by atoms with E-state index >= 15 is 0 Å². The van der Waals surface area contributed by atoms with Crippen LogP contribution in [0.5, 0.6) is 0 Å². The largest absolute Gasteiger partial charge is 0.456 e. The van der Waals surface area contributed by atoms with Crippen LogP contribution in [0.25, 0.3) is 114 Å². The third-order valence-corrected chi connectivity index (χ3v) is 11.9. The normalized spacial score (nSPS) is 12.2. The van der Waals surface area contributed by atoms with E-state index in [0.717, 1.165) is 49.7 Å². The molecule has 5 heteroatoms. The summed E-state index contributed by atoms with van der Waals surface area (Å²) in [6.07, 6.45) is 0. The van der Waals surface area contributed by atoms with E-state index in [-0.39, 0.29) is 0 Å². The van der Waals surface area contributed by atoms with Crippen molar-refractivity contribution in [2.45, 2.75) is 0 Å². The van der Waals surface area contributed by atoms with E-state index in [0.29, 0.717) is 5.95 Å². The highest BCUT2D eigenvalue weighted by molar-refractivity contribution is 7.26. The summed E-state index contributed by atoms with van der Waals surface area (Å²) in [6.45, 7) is 0. The zero-order valence-corrected chi connectivity index (χ0v) is 29.1. The first kappa shape index (κ1) is 28.8. The summed E-state index contributed by atoms with van der Waals surface area (Å²) in [7, 11) is 0. The standard InChI is InChI=1S/C48H27N3OS/c1-2-10-28(11-3-1)29-18-20-31(21-19-29)47-33-13-4-7-15-37(33)49-48(50-47)51-38-16-8-5-12-32(38)35-27-43-36(26-39(35)51)46-42(53-43)25-23-30-22-24-41-45(44(30)46)34-14-6-9-17-40(34)52-41/h1-27H. The van der Waals surface area contributed by atoms with Gasteiger partial charge in [-0.1, -0.05) is 121 Å². The molecule has 0 spiro atoms. The Hall–Kier alpha value is -6.82. The lowest BCUT2D eigenvalue weighted by Crippen LogP contribution is -2.03. The minimum atomic E-state index is 0.656. The molecule has 12 rings (SSSR count). The maximum Gasteiger partial charge on any atom is 0.235 e. The number of para-hydroxylation sites is 3. The van der Waals surface area contributed by atoms with Gasteiger partial charge in [-0.3, -0.25) is 4.57 Å². The average molecular weight is 694 g/mol. The van der Waals surface area contributed by atoms with E-state index in [1.54, 1.807) is 0 Å². The van der Waals surface area contributed by atoms with Crippen molar-refractivity contribution < 1.29 is 4.42 Å². The lowest BCUT2D eigenvalue weighted by molar-refractivity contribution is 0.669. The number of rotatable bonds is 3. The van der Waals surface area contributed by atoms with Crippen LogP contribution in [0.15, 0.2) is 168 Å². The topological polar surface area (TPSA) is 43.9 Å². The fourth-order valence-electron chi connectivity index (χ4n) is 8.41. The maximum atomic E-state index is 6.38. The smallest absolute Gasteiger partial charge is 0.235 e. The van der Waals surface area contributed by atoms with Gasteiger partial charge in [0.25, 0.3) is 0 Å². The quantitative estimate of drug-likeness (QED) is 0.185. The van der Waals surface area contributed by atoms with Gasteiger partial charge < -0.3 is 4.42 Å². The molecule has 0 aliphatic carbocycles. The van der Waals surface area contributed by atoms with E-state index < -0.39 is 0 Å². The highest BCUT2D eigenvalue weighted by Gasteiger charge is 2.21. The molecule has 0 N–H and O–H groups in total. The maximum absolute atomic E-state index is 6.38. The summed E-state index contributed by atoms with van der Waals surface area (Å²) in [4.78, 5) is 10.7. The first-order chi connectivity index (χ1) is 26.3. The van der Waals surface area contributed by atoms with Crippen molar-refractivity contribution in [2.24, 2.45) is 0 Å². The molecule has 0 radical (unpaired) electrons. The molecule has 0 saturated carbocycles. The molecule has 0 amide bonds. The summed E-state index contributed by atoms with van der Waals surface area (Å²) >= 11 is 1.85. The first-order valence-corrected chi connectivity index (χ1v) is 18.6. The van der Waals surface area contributed by atoms with Crippen LogP contribution in [0.2, 0.25) is 0 Å². The van der Waals surface area contributed by atoms with Gasteiger partial charge in [0.15, 0.2) is 0 Å². The monoisotopic (exact) mass is 693 g/mol. The van der Waals surface area contributed by atoms with Gasteiger partial charge in [-0.05, 0) is 59.0 Å². The predicted molar refractivity (Wildman–Crippen MR) is 222 cm³/mol. The van der Waals surface area contributed by atoms with Crippen LogP contribution >= 0.6 is 11.3 Å². The summed E-state index contributed by atoms with van der Waals surface area (Å²) < 4.78 is 11.2. The van der Waals surface area contributed by atoms with Crippen LogP contribution in [0.4, 0.5) is 0 Å². The van der Waals surface area contributed by atoms with Gasteiger partial charge in [-0.25, -0.2) is 9.97 Å². The molecule has 53 heavy (non-hydrogen) atoms. The van der Waals surface area contributed by atoms with Crippen molar-refractivity contribution in [3.63, 3.8) is 0 Å². The van der Waals surface area contributed by atoms with Crippen molar-refractivity contribution >= 4 is 96.9 Å². The second kappa shape index (κ2) is 10.8. The highest BCUT2D eigenvalue weighted by Crippen LogP contribution is 2.46. The van der Waals surface area contributed by atoms with Crippen molar-refractivity contribution in [2.75, 3.05) is 0 Å². The zero-order chi connectivity index (χ0) is 34.6. The van der Waals surface area contributed by atoms with E-state index in [1.807, 2.05) is 17.4 Å². The minimum Gasteiger partial charge on any atom is -0.456 e. The highest BCUT2D eigenvalue weighted by atomic mass is 32.1. The number of benzene rings is 8. The van der Waals surface area contributed by atoms with Crippen molar-refractivity contribution in [3.8, 4) is 28.3 Å². The second-order valence-corrected chi connectivity index (χ2v) is 14.8. The number of hydrogen-bond donors (Lipinski definition) is 0. The van der Waals surface area contributed by atoms with Gasteiger partial charge in [0.1, 0.15) is 11.2 Å². The Bertz CT molecular complexity index is 3450. The van der Waals surface area contributed by atoms with E-state index in [9.17, 15) is 0 Å². The van der Waals surface area contributed by atoms with Crippen LogP contribution in [0.1, 0.15) is 0 Å². The van der Waals surface area contributed by atoms with Gasteiger partial charge in [0.2, 0.25) is 5.95 Å². The summed E-state index contributed by atoms with van der Waals surface area (Å²) in [5.41, 5.74) is 9.24. The van der Waals surface area contributed by atoms with Gasteiger partial charge in [0.05, 0.1) is 22.2 Å². The van der Waals surface area contributed by atoms with Crippen LogP contribution < -0.4 is 0 Å². The number of thiophene rings is 1. The zero-order valence-electron chi connectivity index (χ0n) is 28.2. The molecule has 0 unspecified atom stereocenters. The van der Waals surface area contributed by atoms with Crippen LogP contribution in [0, 0.1) is 0 Å². The number of fused-ring (bicyclic) bond motifs is 13. The molecule has 4 heterocycles. The molecule has 0 atom stereocenters. The number of furan rings is 1. The third-order valence-electron chi connectivity index (χ3n) is 10.8. The molecular formula is C48H27N3OS. The van der Waals surface area contributed by atoms with Crippen LogP contribution in [0.3, 0.4) is 0 Å². The Balaban J connectivity index is 1.16. The molecule has 0 aliphatic heterocycles. The molecule has 12 aromatic rings. The van der Waals surface area contributed by atoms with Gasteiger partial charge in [0, 0.05) is 58.1 Å². The Morgan fingerprint density at radius 3 is 2.04 bits per heavy atom. The molecule has 0 saturated heterocycles. The molecule has 8 aromatic carbocycles. The van der Waals surface area contributed by atoms with Crippen molar-refractivity contribution in [1.82, 2.24) is 14.5 Å². The Morgan fingerprint density at radius 2 is 1.15 bits per heavy atom. The summed E-state index contributed by atoms with van der Waals surface area (Å²) in [6, 6.07) is 58.1. The molecule has 246 valence electrons. The SMILES string of the molecule is c1ccc(-c2ccc(-c3nc(-n4c5ccccc5c5cc6sc7ccc8ccc9oc%10ccccc%10c9c8c7c6cc54)nc4ccccc34)cc2)cc1. The Labute approximate surface area is 306 Å². The predicted octanol–water partition coefficient (Wildman–Crippen LogP) is 13.5. The molecule has 0 bridgehead atoms. The Morgan fingerprint density at radius 1 is 0.434 bits per heavy atom. The number of hydrogen-bond acceptors (Lipinski definition) is 4. The second-order valence-electron chi connectivity index (χ2n) is 13.7. The van der Waals surface area contributed by atoms with Crippen molar-refractivity contribution in [1.29, 1.82) is 0 Å². The number of aromatic nitrogens is 3. The molecule has 4 nitrogen and oxygen atoms in total. The molecule has 0 fully saturated rings. The summed E-state index contributed by atoms with van der Waals surface area (Å²) in [5, 5.41) is 10.6. The van der Waals surface area contributed by atoms with Crippen LogP contribution in [-0.2, 0) is 0 Å². The Kier molecular flexibility index (Phi) is 5.90. The van der Waals surface area contributed by atoms with Gasteiger partial charge >= 0.3 is 0 Å². The fraction of sp³-hybridized carbons (Fsp3) is 0. The molecular weight excluding hydrogens is 667 g/mol. The van der Waals surface area contributed by atoms with E-state index in [4.69, 9.17) is 14.4 Å². The number of nitrogens with zero attached hydrogens (tertiary/aromatic N) is 3. The van der Waals surface area contributed by atoms with Gasteiger partial charge in [-0.2, -0.15) is 0 Å². The molecule has 0 aliphatic rings. The lowest BCUT2D eigenvalue weighted by atomic mass is 9.98. The third kappa shape index (κ3) is 4.17. The minimum absolute atomic E-state index is 0.656. The van der Waals surface area contributed by atoms with Gasteiger partial charge in [-0.15, -0.1) is 11.3 Å². The van der Waals surface area contributed by atoms with E-state index in [1.165, 1.54) is 58.2 Å². The fourth-order valence-corrected chi connectivity index (χ4v) is 9.54. The molecule has 4 aromatic heterocycles. The van der Waals surface area contributed by atoms with Crippen molar-refractivity contribution in [3.05, 3.63) is 164 Å². The lowest BCUT2D eigenvalue weighted by Gasteiger charge is -2.12. The average Bonchev–Trinajstić information content (AvgIpc) is 3.89. The van der Waals surface area contributed by atoms with Crippen LogP contribution in [-0.4, -0.2) is 14.5 Å².